The molecule has 0 aliphatic rings. The van der Waals surface area contributed by atoms with Gasteiger partial charge in [0.25, 0.3) is 0 Å². The number of hydrogen-bond donors (Lipinski definition) is 4. The summed E-state index contributed by atoms with van der Waals surface area (Å²) in [6.45, 7) is 1.86. The standard InChI is InChI=1S/C15H14N2O4/c1-9-4-2-3-5-12(9)17-15(21)16-10-6-7-11(14(19)20)13(18)8-10/h2-8,18H,1H3,(H,19,20)(H2,16,17,21). The maximum atomic E-state index is 11.8. The number of hydrogen-bond acceptors (Lipinski definition) is 3. The summed E-state index contributed by atoms with van der Waals surface area (Å²) < 4.78 is 0. The van der Waals surface area contributed by atoms with Gasteiger partial charge in [-0.05, 0) is 30.7 Å². The number of benzene rings is 2. The van der Waals surface area contributed by atoms with E-state index in [1.807, 2.05) is 19.1 Å². The maximum absolute atomic E-state index is 11.8. The Morgan fingerprint density at radius 2 is 1.76 bits per heavy atom. The monoisotopic (exact) mass is 286 g/mol. The van der Waals surface area contributed by atoms with Gasteiger partial charge in [-0.3, -0.25) is 0 Å². The van der Waals surface area contributed by atoms with Crippen LogP contribution in [0.2, 0.25) is 0 Å². The van der Waals surface area contributed by atoms with E-state index in [1.54, 1.807) is 12.1 Å². The van der Waals surface area contributed by atoms with E-state index in [-0.39, 0.29) is 5.56 Å². The first-order valence-electron chi connectivity index (χ1n) is 6.17. The normalized spacial score (nSPS) is 9.95. The smallest absolute Gasteiger partial charge is 0.339 e. The second-order valence-corrected chi connectivity index (χ2v) is 4.43. The van der Waals surface area contributed by atoms with Crippen LogP contribution in [0.3, 0.4) is 0 Å². The Labute approximate surface area is 121 Å². The average molecular weight is 286 g/mol. The van der Waals surface area contributed by atoms with Crippen molar-refractivity contribution in [1.82, 2.24) is 0 Å². The van der Waals surface area contributed by atoms with Crippen LogP contribution in [0, 0.1) is 6.92 Å². The number of aryl methyl sites for hydroxylation is 1. The highest BCUT2D eigenvalue weighted by atomic mass is 16.4. The van der Waals surface area contributed by atoms with E-state index in [2.05, 4.69) is 10.6 Å². The molecule has 108 valence electrons. The van der Waals surface area contributed by atoms with Crippen LogP contribution >= 0.6 is 0 Å². The van der Waals surface area contributed by atoms with Gasteiger partial charge in [0.1, 0.15) is 11.3 Å². The summed E-state index contributed by atoms with van der Waals surface area (Å²) in [5, 5.41) is 23.5. The van der Waals surface area contributed by atoms with Crippen LogP contribution in [-0.2, 0) is 0 Å². The molecular formula is C15H14N2O4. The summed E-state index contributed by atoms with van der Waals surface area (Å²) in [7, 11) is 0. The van der Waals surface area contributed by atoms with E-state index in [1.165, 1.54) is 18.2 Å². The van der Waals surface area contributed by atoms with E-state index in [0.717, 1.165) is 5.56 Å². The number of phenols is 1. The molecule has 0 saturated heterocycles. The number of urea groups is 1. The number of carboxylic acid groups (broad SMARTS) is 1. The van der Waals surface area contributed by atoms with Crippen molar-refractivity contribution in [3.63, 3.8) is 0 Å². The molecule has 0 spiro atoms. The molecule has 2 amide bonds. The third-order valence-electron chi connectivity index (χ3n) is 2.88. The molecule has 21 heavy (non-hydrogen) atoms. The number of anilines is 2. The Balaban J connectivity index is 2.08. The predicted molar refractivity (Wildman–Crippen MR) is 78.9 cm³/mol. The summed E-state index contributed by atoms with van der Waals surface area (Å²) in [5.74, 6) is -1.64. The Kier molecular flexibility index (Phi) is 4.08. The second-order valence-electron chi connectivity index (χ2n) is 4.43. The lowest BCUT2D eigenvalue weighted by molar-refractivity contribution is 0.0694. The SMILES string of the molecule is Cc1ccccc1NC(=O)Nc1ccc(C(=O)O)c(O)c1. The fraction of sp³-hybridized carbons (Fsp3) is 0.0667. The molecular weight excluding hydrogens is 272 g/mol. The number of carbonyl (C=O) groups is 2. The van der Waals surface area contributed by atoms with Crippen LogP contribution in [0.4, 0.5) is 16.2 Å². The molecule has 2 aromatic rings. The van der Waals surface area contributed by atoms with Gasteiger partial charge in [-0.25, -0.2) is 9.59 Å². The lowest BCUT2D eigenvalue weighted by atomic mass is 10.2. The molecule has 0 fully saturated rings. The van der Waals surface area contributed by atoms with Crippen molar-refractivity contribution >= 4 is 23.4 Å². The van der Waals surface area contributed by atoms with Gasteiger partial charge in [0.15, 0.2) is 0 Å². The van der Waals surface area contributed by atoms with Gasteiger partial charge in [-0.1, -0.05) is 18.2 Å². The third kappa shape index (κ3) is 3.50. The fourth-order valence-corrected chi connectivity index (χ4v) is 1.79. The highest BCUT2D eigenvalue weighted by Crippen LogP contribution is 2.22. The molecule has 4 N–H and O–H groups in total. The van der Waals surface area contributed by atoms with Crippen LogP contribution in [0.25, 0.3) is 0 Å². The van der Waals surface area contributed by atoms with Crippen LogP contribution < -0.4 is 10.6 Å². The van der Waals surface area contributed by atoms with Gasteiger partial charge in [0, 0.05) is 17.4 Å². The first-order valence-corrected chi connectivity index (χ1v) is 6.17. The molecule has 0 bridgehead atoms. The van der Waals surface area contributed by atoms with Crippen molar-refractivity contribution in [1.29, 1.82) is 0 Å². The number of amides is 2. The molecule has 0 radical (unpaired) electrons. The van der Waals surface area contributed by atoms with E-state index in [0.29, 0.717) is 11.4 Å². The third-order valence-corrected chi connectivity index (χ3v) is 2.88. The number of rotatable bonds is 3. The van der Waals surface area contributed by atoms with Crippen molar-refractivity contribution < 1.29 is 19.8 Å². The highest BCUT2D eigenvalue weighted by molar-refractivity contribution is 6.01. The summed E-state index contributed by atoms with van der Waals surface area (Å²) in [5.41, 5.74) is 1.65. The Morgan fingerprint density at radius 3 is 2.38 bits per heavy atom. The van der Waals surface area contributed by atoms with Crippen LogP contribution in [0.15, 0.2) is 42.5 Å². The van der Waals surface area contributed by atoms with Gasteiger partial charge in [-0.2, -0.15) is 0 Å². The van der Waals surface area contributed by atoms with Crippen molar-refractivity contribution in [3.05, 3.63) is 53.6 Å². The second kappa shape index (κ2) is 5.96. The topological polar surface area (TPSA) is 98.7 Å². The molecule has 2 aromatic carbocycles. The van der Waals surface area contributed by atoms with Crippen molar-refractivity contribution in [2.75, 3.05) is 10.6 Å². The van der Waals surface area contributed by atoms with Gasteiger partial charge in [0.05, 0.1) is 0 Å². The maximum Gasteiger partial charge on any atom is 0.339 e. The first-order chi connectivity index (χ1) is 9.97. The van der Waals surface area contributed by atoms with Gasteiger partial charge >= 0.3 is 12.0 Å². The van der Waals surface area contributed by atoms with Gasteiger partial charge in [-0.15, -0.1) is 0 Å². The summed E-state index contributed by atoms with van der Waals surface area (Å²) in [4.78, 5) is 22.6. The van der Waals surface area contributed by atoms with Crippen molar-refractivity contribution in [3.8, 4) is 5.75 Å². The Bertz CT molecular complexity index is 698. The molecule has 6 heteroatoms. The lowest BCUT2D eigenvalue weighted by Gasteiger charge is -2.10. The molecule has 2 rings (SSSR count). The quantitative estimate of drug-likeness (QED) is 0.697. The average Bonchev–Trinajstić information content (AvgIpc) is 2.41. The molecule has 6 nitrogen and oxygen atoms in total. The number of nitrogens with one attached hydrogen (secondary N) is 2. The minimum atomic E-state index is -1.23. The predicted octanol–water partition coefficient (Wildman–Crippen LogP) is 3.04. The number of carbonyl (C=O) groups excluding carboxylic acids is 1. The largest absolute Gasteiger partial charge is 0.507 e. The van der Waals surface area contributed by atoms with Crippen LogP contribution in [0.1, 0.15) is 15.9 Å². The first kappa shape index (κ1) is 14.4. The minimum Gasteiger partial charge on any atom is -0.507 e. The highest BCUT2D eigenvalue weighted by Gasteiger charge is 2.11. The van der Waals surface area contributed by atoms with Crippen molar-refractivity contribution in [2.24, 2.45) is 0 Å². The fourth-order valence-electron chi connectivity index (χ4n) is 1.79. The molecule has 0 heterocycles. The molecule has 0 atom stereocenters. The molecule has 0 unspecified atom stereocenters. The molecule has 0 aromatic heterocycles. The summed E-state index contributed by atoms with van der Waals surface area (Å²) >= 11 is 0. The molecule has 0 aliphatic carbocycles. The lowest BCUT2D eigenvalue weighted by Crippen LogP contribution is -2.20. The van der Waals surface area contributed by atoms with Gasteiger partial charge in [0.2, 0.25) is 0 Å². The molecule has 0 saturated carbocycles. The Hall–Kier alpha value is -3.02. The van der Waals surface area contributed by atoms with Crippen LogP contribution in [0.5, 0.6) is 5.75 Å². The zero-order valence-electron chi connectivity index (χ0n) is 11.3. The van der Waals surface area contributed by atoms with Crippen LogP contribution in [-0.4, -0.2) is 22.2 Å². The van der Waals surface area contributed by atoms with E-state index >= 15 is 0 Å². The van der Waals surface area contributed by atoms with E-state index in [9.17, 15) is 14.7 Å². The number of para-hydroxylation sites is 1. The van der Waals surface area contributed by atoms with Gasteiger partial charge < -0.3 is 20.8 Å². The summed E-state index contributed by atoms with van der Waals surface area (Å²) in [6.07, 6.45) is 0. The Morgan fingerprint density at radius 1 is 1.05 bits per heavy atom. The number of aromatic hydroxyl groups is 1. The molecule has 0 aliphatic heterocycles. The zero-order chi connectivity index (χ0) is 15.4. The van der Waals surface area contributed by atoms with E-state index < -0.39 is 17.7 Å². The zero-order valence-corrected chi connectivity index (χ0v) is 11.3. The summed E-state index contributed by atoms with van der Waals surface area (Å²) in [6, 6.07) is 10.6. The minimum absolute atomic E-state index is 0.222. The van der Waals surface area contributed by atoms with E-state index in [4.69, 9.17) is 5.11 Å². The number of carboxylic acids is 1. The van der Waals surface area contributed by atoms with Crippen molar-refractivity contribution in [2.45, 2.75) is 6.92 Å². The number of aromatic carboxylic acids is 1.